The third kappa shape index (κ3) is 4.87. The van der Waals surface area contributed by atoms with E-state index in [1.807, 2.05) is 35.2 Å². The number of carbonyl (C=O) groups is 1. The molecule has 0 N–H and O–H groups in total. The number of benzene rings is 1. The monoisotopic (exact) mass is 530 g/mol. The molecule has 4 heterocycles. The molecule has 0 radical (unpaired) electrons. The van der Waals surface area contributed by atoms with E-state index in [1.54, 1.807) is 15.6 Å². The van der Waals surface area contributed by atoms with Crippen LogP contribution in [0.15, 0.2) is 30.3 Å². The van der Waals surface area contributed by atoms with Crippen LogP contribution < -0.4 is 4.90 Å². The summed E-state index contributed by atoms with van der Waals surface area (Å²) in [4.78, 5) is 23.0. The van der Waals surface area contributed by atoms with Crippen LogP contribution in [0.1, 0.15) is 54.7 Å². The minimum Gasteiger partial charge on any atom is -0.445 e. The molecule has 3 aliphatic heterocycles. The Morgan fingerprint density at radius 1 is 1.06 bits per heavy atom. The number of rotatable bonds is 6. The highest BCUT2D eigenvalue weighted by molar-refractivity contribution is 7.89. The largest absolute Gasteiger partial charge is 0.445 e. The zero-order valence-corrected chi connectivity index (χ0v) is 22.2. The highest BCUT2D eigenvalue weighted by Gasteiger charge is 2.44. The van der Waals surface area contributed by atoms with Crippen LogP contribution in [0.2, 0.25) is 0 Å². The number of nitrogens with zero attached hydrogens (tertiary/aromatic N) is 4. The van der Waals surface area contributed by atoms with Gasteiger partial charge in [0.05, 0.1) is 11.4 Å². The van der Waals surface area contributed by atoms with Crippen molar-refractivity contribution in [1.82, 2.24) is 14.2 Å². The van der Waals surface area contributed by atoms with Crippen molar-refractivity contribution in [2.75, 3.05) is 30.3 Å². The van der Waals surface area contributed by atoms with Crippen molar-refractivity contribution >= 4 is 32.6 Å². The van der Waals surface area contributed by atoms with Gasteiger partial charge in [-0.2, -0.15) is 4.31 Å². The van der Waals surface area contributed by atoms with E-state index in [4.69, 9.17) is 9.72 Å². The fraction of sp³-hybridized carbons (Fsp3) is 0.615. The molecule has 36 heavy (non-hydrogen) atoms. The van der Waals surface area contributed by atoms with E-state index in [9.17, 15) is 13.2 Å². The molecule has 194 valence electrons. The summed E-state index contributed by atoms with van der Waals surface area (Å²) < 4.78 is 33.4. The third-order valence-electron chi connectivity index (χ3n) is 8.17. The summed E-state index contributed by atoms with van der Waals surface area (Å²) in [6, 6.07) is 10.2. The number of likely N-dealkylation sites (tertiary alicyclic amines) is 1. The summed E-state index contributed by atoms with van der Waals surface area (Å²) in [7, 11) is -3.24. The summed E-state index contributed by atoms with van der Waals surface area (Å²) in [6.07, 6.45) is 6.87. The van der Waals surface area contributed by atoms with Crippen LogP contribution in [0.3, 0.4) is 0 Å². The third-order valence-corrected chi connectivity index (χ3v) is 11.3. The van der Waals surface area contributed by atoms with Crippen LogP contribution >= 0.6 is 11.3 Å². The molecule has 2 bridgehead atoms. The standard InChI is InChI=1S/C26H34N4O4S2/c31-26(34-17-19-6-2-1-3-7-19)28-14-21-10-11-22(15-28)30(21)25-27-23-12-13-29(16-24(23)35-25)36(32,33)18-20-8-4-5-9-20/h1-3,6-7,20-22H,4-5,8-18H2. The van der Waals surface area contributed by atoms with Crippen molar-refractivity contribution in [3.63, 3.8) is 0 Å². The number of hydrogen-bond donors (Lipinski definition) is 0. The predicted molar refractivity (Wildman–Crippen MR) is 139 cm³/mol. The molecule has 2 unspecified atom stereocenters. The first-order valence-corrected chi connectivity index (χ1v) is 15.6. The number of fused-ring (bicyclic) bond motifs is 3. The van der Waals surface area contributed by atoms with Crippen molar-refractivity contribution in [3.8, 4) is 0 Å². The maximum absolute atomic E-state index is 13.1. The van der Waals surface area contributed by atoms with Gasteiger partial charge in [0.2, 0.25) is 10.0 Å². The molecule has 0 spiro atoms. The smallest absolute Gasteiger partial charge is 0.410 e. The van der Waals surface area contributed by atoms with Crippen molar-refractivity contribution in [2.45, 2.75) is 70.2 Å². The molecule has 1 aliphatic carbocycles. The van der Waals surface area contributed by atoms with E-state index in [0.717, 1.165) is 59.8 Å². The summed E-state index contributed by atoms with van der Waals surface area (Å²) in [5.41, 5.74) is 2.03. The summed E-state index contributed by atoms with van der Waals surface area (Å²) >= 11 is 1.64. The molecule has 1 saturated carbocycles. The van der Waals surface area contributed by atoms with Gasteiger partial charge in [-0.15, -0.1) is 11.3 Å². The Balaban J connectivity index is 1.09. The molecular formula is C26H34N4O4S2. The minimum atomic E-state index is -3.24. The number of piperazine rings is 1. The van der Waals surface area contributed by atoms with E-state index in [-0.39, 0.29) is 24.8 Å². The quantitative estimate of drug-likeness (QED) is 0.561. The topological polar surface area (TPSA) is 83.1 Å². The second kappa shape index (κ2) is 9.95. The average molecular weight is 531 g/mol. The van der Waals surface area contributed by atoms with E-state index in [0.29, 0.717) is 44.3 Å². The van der Waals surface area contributed by atoms with Crippen molar-refractivity contribution in [1.29, 1.82) is 0 Å². The fourth-order valence-electron chi connectivity index (χ4n) is 6.26. The van der Waals surface area contributed by atoms with Gasteiger partial charge in [-0.05, 0) is 37.2 Å². The Kier molecular flexibility index (Phi) is 6.68. The first-order chi connectivity index (χ1) is 17.5. The number of thiazole rings is 1. The first kappa shape index (κ1) is 24.2. The summed E-state index contributed by atoms with van der Waals surface area (Å²) in [6.45, 7) is 2.53. The zero-order chi connectivity index (χ0) is 24.7. The normalized spacial score (nSPS) is 24.8. The van der Waals surface area contributed by atoms with Crippen LogP contribution in [0.4, 0.5) is 9.93 Å². The molecule has 1 aromatic heterocycles. The lowest BCUT2D eigenvalue weighted by molar-refractivity contribution is 0.0881. The molecule has 10 heteroatoms. The summed E-state index contributed by atoms with van der Waals surface area (Å²) in [5.74, 6) is 0.611. The molecular weight excluding hydrogens is 496 g/mol. The molecule has 6 rings (SSSR count). The fourth-order valence-corrected chi connectivity index (χ4v) is 9.44. The molecule has 1 amide bonds. The first-order valence-electron chi connectivity index (χ1n) is 13.2. The van der Waals surface area contributed by atoms with Crippen LogP contribution in [0.5, 0.6) is 0 Å². The highest BCUT2D eigenvalue weighted by Crippen LogP contribution is 2.40. The van der Waals surface area contributed by atoms with Gasteiger partial charge in [0.1, 0.15) is 6.61 Å². The van der Waals surface area contributed by atoms with Gasteiger partial charge in [0, 0.05) is 49.6 Å². The Bertz CT molecular complexity index is 1180. The van der Waals surface area contributed by atoms with Gasteiger partial charge in [0.25, 0.3) is 0 Å². The van der Waals surface area contributed by atoms with Gasteiger partial charge in [-0.25, -0.2) is 18.2 Å². The predicted octanol–water partition coefficient (Wildman–Crippen LogP) is 4.01. The Morgan fingerprint density at radius 2 is 1.78 bits per heavy atom. The Morgan fingerprint density at radius 3 is 2.50 bits per heavy atom. The van der Waals surface area contributed by atoms with E-state index in [2.05, 4.69) is 4.90 Å². The Hall–Kier alpha value is -2.17. The maximum Gasteiger partial charge on any atom is 0.410 e. The van der Waals surface area contributed by atoms with Gasteiger partial charge in [0.15, 0.2) is 5.13 Å². The molecule has 8 nitrogen and oxygen atoms in total. The molecule has 3 fully saturated rings. The van der Waals surface area contributed by atoms with Crippen LogP contribution in [-0.4, -0.2) is 66.2 Å². The van der Waals surface area contributed by atoms with Gasteiger partial charge >= 0.3 is 6.09 Å². The van der Waals surface area contributed by atoms with Crippen molar-refractivity contribution in [2.24, 2.45) is 5.92 Å². The molecule has 2 aromatic rings. The van der Waals surface area contributed by atoms with Gasteiger partial charge < -0.3 is 14.5 Å². The van der Waals surface area contributed by atoms with Crippen LogP contribution in [0, 0.1) is 5.92 Å². The SMILES string of the molecule is O=C(OCc1ccccc1)N1CC2CCC(C1)N2c1nc2c(s1)CN(S(=O)(=O)CC1CCCC1)CC2. The Labute approximate surface area is 217 Å². The summed E-state index contributed by atoms with van der Waals surface area (Å²) in [5, 5.41) is 0.986. The van der Waals surface area contributed by atoms with E-state index >= 15 is 0 Å². The van der Waals surface area contributed by atoms with Gasteiger partial charge in [-0.3, -0.25) is 0 Å². The number of amides is 1. The number of hydrogen-bond acceptors (Lipinski definition) is 7. The van der Waals surface area contributed by atoms with E-state index < -0.39 is 10.0 Å². The second-order valence-corrected chi connectivity index (χ2v) is 13.7. The lowest BCUT2D eigenvalue weighted by atomic mass is 10.1. The molecule has 2 saturated heterocycles. The number of aromatic nitrogens is 1. The number of anilines is 1. The number of sulfonamides is 1. The van der Waals surface area contributed by atoms with Crippen molar-refractivity contribution < 1.29 is 17.9 Å². The van der Waals surface area contributed by atoms with Crippen LogP contribution in [-0.2, 0) is 34.3 Å². The maximum atomic E-state index is 13.1. The van der Waals surface area contributed by atoms with Gasteiger partial charge in [-0.1, -0.05) is 43.2 Å². The number of carbonyl (C=O) groups excluding carboxylic acids is 1. The highest BCUT2D eigenvalue weighted by atomic mass is 32.2. The van der Waals surface area contributed by atoms with Crippen molar-refractivity contribution in [3.05, 3.63) is 46.5 Å². The lowest BCUT2D eigenvalue weighted by Crippen LogP contribution is -2.55. The molecule has 2 atom stereocenters. The second-order valence-electron chi connectivity index (χ2n) is 10.6. The lowest BCUT2D eigenvalue weighted by Gasteiger charge is -2.40. The zero-order valence-electron chi connectivity index (χ0n) is 20.5. The minimum absolute atomic E-state index is 0.225. The molecule has 1 aromatic carbocycles. The number of ether oxygens (including phenoxy) is 1. The van der Waals surface area contributed by atoms with Crippen LogP contribution in [0.25, 0.3) is 0 Å². The van der Waals surface area contributed by atoms with E-state index in [1.165, 1.54) is 0 Å². The average Bonchev–Trinajstić information content (AvgIpc) is 3.60. The molecule has 4 aliphatic rings.